The van der Waals surface area contributed by atoms with Crippen molar-refractivity contribution >= 4 is 34.2 Å². The molecule has 3 aromatic heterocycles. The minimum Gasteiger partial charge on any atom is -0.338 e. The van der Waals surface area contributed by atoms with Gasteiger partial charge in [-0.3, -0.25) is 4.98 Å². The first-order valence-electron chi connectivity index (χ1n) is 8.08. The van der Waals surface area contributed by atoms with Crippen LogP contribution in [0.2, 0.25) is 0 Å². The van der Waals surface area contributed by atoms with Gasteiger partial charge in [0.05, 0.1) is 28.0 Å². The van der Waals surface area contributed by atoms with E-state index in [4.69, 9.17) is 0 Å². The molecule has 1 saturated carbocycles. The molecule has 4 nitrogen and oxygen atoms in total. The van der Waals surface area contributed by atoms with E-state index in [0.717, 1.165) is 33.7 Å². The van der Waals surface area contributed by atoms with Crippen molar-refractivity contribution in [2.75, 3.05) is 5.32 Å². The lowest BCUT2D eigenvalue weighted by Gasteiger charge is -2.12. The quantitative estimate of drug-likeness (QED) is 0.703. The molecule has 130 valence electrons. The zero-order valence-electron chi connectivity index (χ0n) is 14.0. The minimum atomic E-state index is -2.49. The summed E-state index contributed by atoms with van der Waals surface area (Å²) < 4.78 is 28.1. The van der Waals surface area contributed by atoms with Gasteiger partial charge in [0.2, 0.25) is 0 Å². The molecule has 0 saturated heterocycles. The van der Waals surface area contributed by atoms with E-state index in [2.05, 4.69) is 15.3 Å². The van der Waals surface area contributed by atoms with Crippen LogP contribution in [0.15, 0.2) is 36.8 Å². The molecule has 1 aliphatic rings. The number of hydrogen-bond donors (Lipinski definition) is 1. The Hall–Kier alpha value is -2.15. The Kier molecular flexibility index (Phi) is 3.91. The van der Waals surface area contributed by atoms with Gasteiger partial charge in [-0.2, -0.15) is 0 Å². The average Bonchev–Trinajstić information content (AvgIpc) is 2.99. The van der Waals surface area contributed by atoms with E-state index in [1.807, 2.05) is 42.8 Å². The lowest BCUT2D eigenvalue weighted by atomic mass is 10.2. The standard InChI is InChI=1S/C18H18F2N4S/c1-11-3-6-21-12(2)16(11)23-17-13-5-8-24(14(13)4-7-22-17)10-25-15-9-18(15,19)20/h3-8,15H,9-10H2,1-2H3,(H,22,23). The summed E-state index contributed by atoms with van der Waals surface area (Å²) in [5, 5.41) is 3.79. The van der Waals surface area contributed by atoms with Crippen molar-refractivity contribution in [2.45, 2.75) is 37.3 Å². The lowest BCUT2D eigenvalue weighted by Crippen LogP contribution is -2.01. The molecule has 3 heterocycles. The smallest absolute Gasteiger partial charge is 0.261 e. The maximum Gasteiger partial charge on any atom is 0.261 e. The Morgan fingerprint density at radius 1 is 1.24 bits per heavy atom. The number of nitrogens with one attached hydrogen (secondary N) is 1. The van der Waals surface area contributed by atoms with Gasteiger partial charge >= 0.3 is 0 Å². The topological polar surface area (TPSA) is 42.7 Å². The number of anilines is 2. The van der Waals surface area contributed by atoms with Crippen molar-refractivity contribution in [3.63, 3.8) is 0 Å². The number of halogens is 2. The predicted octanol–water partition coefficient (Wildman–Crippen LogP) is 4.89. The molecule has 3 aromatic rings. The molecule has 1 fully saturated rings. The summed E-state index contributed by atoms with van der Waals surface area (Å²) in [5.41, 5.74) is 3.93. The maximum atomic E-state index is 13.1. The van der Waals surface area contributed by atoms with Gasteiger partial charge in [-0.05, 0) is 37.6 Å². The van der Waals surface area contributed by atoms with Crippen LogP contribution in [0.1, 0.15) is 17.7 Å². The van der Waals surface area contributed by atoms with Crippen molar-refractivity contribution < 1.29 is 8.78 Å². The van der Waals surface area contributed by atoms with Gasteiger partial charge in [-0.1, -0.05) is 0 Å². The number of alkyl halides is 2. The van der Waals surface area contributed by atoms with Gasteiger partial charge in [0.1, 0.15) is 5.82 Å². The Bertz CT molecular complexity index is 918. The third-order valence-corrected chi connectivity index (χ3v) is 5.81. The summed E-state index contributed by atoms with van der Waals surface area (Å²) in [6.45, 7) is 3.97. The van der Waals surface area contributed by atoms with Crippen LogP contribution in [-0.2, 0) is 5.88 Å². The molecule has 0 amide bonds. The van der Waals surface area contributed by atoms with Gasteiger partial charge in [-0.25, -0.2) is 13.8 Å². The summed E-state index contributed by atoms with van der Waals surface area (Å²) >= 11 is 1.30. The van der Waals surface area contributed by atoms with Gasteiger partial charge < -0.3 is 9.88 Å². The number of hydrogen-bond acceptors (Lipinski definition) is 4. The van der Waals surface area contributed by atoms with Crippen molar-refractivity contribution in [2.24, 2.45) is 0 Å². The zero-order valence-corrected chi connectivity index (χ0v) is 14.8. The van der Waals surface area contributed by atoms with Crippen molar-refractivity contribution in [1.29, 1.82) is 0 Å². The normalized spacial score (nSPS) is 18.5. The molecule has 1 N–H and O–H groups in total. The van der Waals surface area contributed by atoms with Gasteiger partial charge in [0.15, 0.2) is 0 Å². The highest BCUT2D eigenvalue weighted by Crippen LogP contribution is 2.50. The molecule has 0 bridgehead atoms. The molecule has 0 aliphatic heterocycles. The number of aryl methyl sites for hydroxylation is 2. The second-order valence-corrected chi connectivity index (χ2v) is 7.50. The fraction of sp³-hybridized carbons (Fsp3) is 0.333. The van der Waals surface area contributed by atoms with Crippen molar-refractivity contribution in [3.8, 4) is 0 Å². The summed E-state index contributed by atoms with van der Waals surface area (Å²) in [4.78, 5) is 8.77. The fourth-order valence-electron chi connectivity index (χ4n) is 2.88. The molecular weight excluding hydrogens is 342 g/mol. The van der Waals surface area contributed by atoms with Gasteiger partial charge in [0, 0.05) is 30.4 Å². The van der Waals surface area contributed by atoms with Crippen LogP contribution >= 0.6 is 11.8 Å². The average molecular weight is 360 g/mol. The van der Waals surface area contributed by atoms with Crippen LogP contribution in [0, 0.1) is 13.8 Å². The molecule has 0 spiro atoms. The summed E-state index contributed by atoms with van der Waals surface area (Å²) in [6.07, 6.45) is 5.43. The van der Waals surface area contributed by atoms with Crippen LogP contribution in [0.25, 0.3) is 10.9 Å². The third kappa shape index (κ3) is 3.08. The van der Waals surface area contributed by atoms with Crippen LogP contribution in [0.4, 0.5) is 20.3 Å². The Morgan fingerprint density at radius 3 is 2.72 bits per heavy atom. The van der Waals surface area contributed by atoms with Gasteiger partial charge in [0.25, 0.3) is 5.92 Å². The Morgan fingerprint density at radius 2 is 2.00 bits per heavy atom. The number of fused-ring (bicyclic) bond motifs is 1. The first-order valence-corrected chi connectivity index (χ1v) is 9.13. The second kappa shape index (κ2) is 5.98. The van der Waals surface area contributed by atoms with E-state index >= 15 is 0 Å². The number of pyridine rings is 2. The molecule has 4 rings (SSSR count). The van der Waals surface area contributed by atoms with E-state index in [0.29, 0.717) is 5.88 Å². The molecular formula is C18H18F2N4S. The highest BCUT2D eigenvalue weighted by atomic mass is 32.2. The molecule has 0 radical (unpaired) electrons. The fourth-order valence-corrected chi connectivity index (χ4v) is 4.03. The van der Waals surface area contributed by atoms with Gasteiger partial charge in [-0.15, -0.1) is 11.8 Å². The summed E-state index contributed by atoms with van der Waals surface area (Å²) in [6, 6.07) is 5.83. The Labute approximate surface area is 148 Å². The minimum absolute atomic E-state index is 0.00914. The lowest BCUT2D eigenvalue weighted by molar-refractivity contribution is 0.122. The van der Waals surface area contributed by atoms with E-state index in [9.17, 15) is 8.78 Å². The van der Waals surface area contributed by atoms with Crippen molar-refractivity contribution in [1.82, 2.24) is 14.5 Å². The SMILES string of the molecule is Cc1ccnc(C)c1Nc1nccc2c1ccn2CSC1CC1(F)F. The summed E-state index contributed by atoms with van der Waals surface area (Å²) in [7, 11) is 0. The molecule has 1 atom stereocenters. The monoisotopic (exact) mass is 360 g/mol. The van der Waals surface area contributed by atoms with E-state index in [1.165, 1.54) is 11.8 Å². The first-order chi connectivity index (χ1) is 12.0. The number of aromatic nitrogens is 3. The number of nitrogens with zero attached hydrogens (tertiary/aromatic N) is 3. The molecule has 7 heteroatoms. The van der Waals surface area contributed by atoms with E-state index in [-0.39, 0.29) is 6.42 Å². The van der Waals surface area contributed by atoms with Crippen LogP contribution < -0.4 is 5.32 Å². The molecule has 25 heavy (non-hydrogen) atoms. The molecule has 1 unspecified atom stereocenters. The largest absolute Gasteiger partial charge is 0.338 e. The zero-order chi connectivity index (χ0) is 17.6. The highest BCUT2D eigenvalue weighted by molar-refractivity contribution is 7.99. The van der Waals surface area contributed by atoms with E-state index < -0.39 is 11.2 Å². The highest BCUT2D eigenvalue weighted by Gasteiger charge is 2.57. The third-order valence-electron chi connectivity index (χ3n) is 4.47. The van der Waals surface area contributed by atoms with Crippen LogP contribution in [-0.4, -0.2) is 25.7 Å². The van der Waals surface area contributed by atoms with Crippen molar-refractivity contribution in [3.05, 3.63) is 48.0 Å². The van der Waals surface area contributed by atoms with Crippen LogP contribution in [0.5, 0.6) is 0 Å². The maximum absolute atomic E-state index is 13.1. The van der Waals surface area contributed by atoms with E-state index in [1.54, 1.807) is 12.4 Å². The van der Waals surface area contributed by atoms with Crippen LogP contribution in [0.3, 0.4) is 0 Å². The number of rotatable bonds is 5. The molecule has 1 aliphatic carbocycles. The predicted molar refractivity (Wildman–Crippen MR) is 97.7 cm³/mol. The first kappa shape index (κ1) is 16.3. The second-order valence-electron chi connectivity index (χ2n) is 6.34. The molecule has 0 aromatic carbocycles. The Balaban J connectivity index is 1.61. The summed E-state index contributed by atoms with van der Waals surface area (Å²) in [5.74, 6) is -1.23. The number of thioether (sulfide) groups is 1.